The van der Waals surface area contributed by atoms with Gasteiger partial charge in [0.1, 0.15) is 0 Å². The van der Waals surface area contributed by atoms with Crippen LogP contribution in [0.4, 0.5) is 17.1 Å². The minimum absolute atomic E-state index is 0.0575. The molecule has 3 aromatic rings. The molecule has 8 heteroatoms. The van der Waals surface area contributed by atoms with Crippen LogP contribution in [0.5, 0.6) is 11.5 Å². The molecule has 1 heterocycles. The van der Waals surface area contributed by atoms with Crippen molar-refractivity contribution < 1.29 is 17.9 Å². The summed E-state index contributed by atoms with van der Waals surface area (Å²) in [6, 6.07) is 17.5. The summed E-state index contributed by atoms with van der Waals surface area (Å²) in [7, 11) is -1.97. The van der Waals surface area contributed by atoms with Crippen molar-refractivity contribution in [2.24, 2.45) is 0 Å². The normalized spacial score (nSPS) is 14.1. The molecule has 0 amide bonds. The van der Waals surface area contributed by atoms with Gasteiger partial charge in [0.15, 0.2) is 11.5 Å². The topological polar surface area (TPSA) is 80.8 Å². The van der Waals surface area contributed by atoms with Crippen LogP contribution in [-0.2, 0) is 16.6 Å². The smallest absolute Gasteiger partial charge is 0.229 e. The summed E-state index contributed by atoms with van der Waals surface area (Å²) >= 11 is 0. The third-order valence-corrected chi connectivity index (χ3v) is 6.19. The largest absolute Gasteiger partial charge is 0.491 e. The number of nitrogens with one attached hydrogen (secondary N) is 1. The fourth-order valence-corrected chi connectivity index (χ4v) is 4.69. The minimum Gasteiger partial charge on any atom is -0.491 e. The first-order valence-corrected chi connectivity index (χ1v) is 12.9. The summed E-state index contributed by atoms with van der Waals surface area (Å²) in [6.07, 6.45) is 8.91. The van der Waals surface area contributed by atoms with Crippen molar-refractivity contribution in [3.8, 4) is 11.5 Å². The van der Waals surface area contributed by atoms with Gasteiger partial charge in [0.25, 0.3) is 0 Å². The van der Waals surface area contributed by atoms with E-state index in [1.807, 2.05) is 54.7 Å². The van der Waals surface area contributed by atoms with Crippen molar-refractivity contribution in [1.29, 1.82) is 0 Å². The number of pyridine rings is 1. The third kappa shape index (κ3) is 5.76. The molecular formula is C25H29N3O4S. The number of sulfonamides is 1. The van der Waals surface area contributed by atoms with Gasteiger partial charge in [-0.05, 0) is 61.6 Å². The number of rotatable bonds is 9. The van der Waals surface area contributed by atoms with E-state index in [9.17, 15) is 8.42 Å². The van der Waals surface area contributed by atoms with Gasteiger partial charge in [-0.25, -0.2) is 8.42 Å². The summed E-state index contributed by atoms with van der Waals surface area (Å²) in [5.41, 5.74) is 3.16. The van der Waals surface area contributed by atoms with E-state index in [-0.39, 0.29) is 6.10 Å². The molecule has 7 nitrogen and oxygen atoms in total. The molecular weight excluding hydrogens is 438 g/mol. The maximum atomic E-state index is 12.0. The van der Waals surface area contributed by atoms with Gasteiger partial charge < -0.3 is 14.4 Å². The predicted octanol–water partition coefficient (Wildman–Crippen LogP) is 5.12. The van der Waals surface area contributed by atoms with Gasteiger partial charge in [-0.2, -0.15) is 0 Å². The van der Waals surface area contributed by atoms with E-state index in [0.717, 1.165) is 48.9 Å². The predicted molar refractivity (Wildman–Crippen MR) is 131 cm³/mol. The molecule has 33 heavy (non-hydrogen) atoms. The summed E-state index contributed by atoms with van der Waals surface area (Å²) in [5.74, 6) is 0.905. The first-order chi connectivity index (χ1) is 15.9. The highest BCUT2D eigenvalue weighted by atomic mass is 32.2. The first kappa shape index (κ1) is 22.9. The van der Waals surface area contributed by atoms with Gasteiger partial charge >= 0.3 is 0 Å². The molecule has 1 aliphatic rings. The fraction of sp³-hybridized carbons (Fsp3) is 0.320. The molecule has 0 radical (unpaired) electrons. The molecule has 0 bridgehead atoms. The number of benzene rings is 2. The molecule has 4 rings (SSSR count). The van der Waals surface area contributed by atoms with Crippen molar-refractivity contribution in [2.45, 2.75) is 38.3 Å². The van der Waals surface area contributed by atoms with Crippen molar-refractivity contribution in [3.05, 3.63) is 72.6 Å². The average molecular weight is 468 g/mol. The number of hydrogen-bond acceptors (Lipinski definition) is 6. The average Bonchev–Trinajstić information content (AvgIpc) is 3.32. The van der Waals surface area contributed by atoms with Gasteiger partial charge in [0.05, 0.1) is 30.8 Å². The zero-order valence-corrected chi connectivity index (χ0v) is 19.7. The molecule has 174 valence electrons. The second-order valence-corrected chi connectivity index (χ2v) is 9.92. The summed E-state index contributed by atoms with van der Waals surface area (Å²) in [4.78, 5) is 6.39. The number of hydrogen-bond donors (Lipinski definition) is 1. The Kier molecular flexibility index (Phi) is 7.03. The van der Waals surface area contributed by atoms with Crippen LogP contribution < -0.4 is 19.1 Å². The highest BCUT2D eigenvalue weighted by molar-refractivity contribution is 7.92. The van der Waals surface area contributed by atoms with Crippen LogP contribution in [0.2, 0.25) is 0 Å². The van der Waals surface area contributed by atoms with Crippen molar-refractivity contribution in [3.63, 3.8) is 0 Å². The summed E-state index contributed by atoms with van der Waals surface area (Å²) in [5, 5.41) is 0. The second kappa shape index (κ2) is 10.1. The van der Waals surface area contributed by atoms with E-state index < -0.39 is 10.0 Å². The molecule has 1 N–H and O–H groups in total. The van der Waals surface area contributed by atoms with Gasteiger partial charge in [-0.3, -0.25) is 9.71 Å². The van der Waals surface area contributed by atoms with Gasteiger partial charge in [0.2, 0.25) is 10.0 Å². The van der Waals surface area contributed by atoms with Crippen LogP contribution in [0.15, 0.2) is 67.0 Å². The lowest BCUT2D eigenvalue weighted by molar-refractivity contribution is 0.202. The Morgan fingerprint density at radius 2 is 1.79 bits per heavy atom. The van der Waals surface area contributed by atoms with Gasteiger partial charge in [-0.1, -0.05) is 24.3 Å². The lowest BCUT2D eigenvalue weighted by Crippen LogP contribution is -2.21. The number of para-hydroxylation sites is 1. The summed E-state index contributed by atoms with van der Waals surface area (Å²) < 4.78 is 38.7. The van der Waals surface area contributed by atoms with E-state index in [2.05, 4.69) is 14.6 Å². The van der Waals surface area contributed by atoms with E-state index in [1.165, 1.54) is 7.11 Å². The van der Waals surface area contributed by atoms with Gasteiger partial charge in [-0.15, -0.1) is 0 Å². The Bertz CT molecular complexity index is 1170. The molecule has 1 fully saturated rings. The lowest BCUT2D eigenvalue weighted by Gasteiger charge is -2.30. The molecule has 0 aliphatic heterocycles. The third-order valence-electron chi connectivity index (χ3n) is 5.60. The van der Waals surface area contributed by atoms with Crippen LogP contribution in [0.25, 0.3) is 0 Å². The van der Waals surface area contributed by atoms with E-state index in [1.54, 1.807) is 12.3 Å². The molecule has 1 saturated carbocycles. The number of anilines is 3. The quantitative estimate of drug-likeness (QED) is 0.470. The minimum atomic E-state index is -3.50. The zero-order chi connectivity index (χ0) is 23.3. The summed E-state index contributed by atoms with van der Waals surface area (Å²) in [6.45, 7) is 0.556. The van der Waals surface area contributed by atoms with Crippen LogP contribution in [0.3, 0.4) is 0 Å². The molecule has 2 aromatic carbocycles. The molecule has 0 spiro atoms. The second-order valence-electron chi connectivity index (χ2n) is 8.18. The molecule has 0 atom stereocenters. The molecule has 1 aromatic heterocycles. The van der Waals surface area contributed by atoms with Crippen LogP contribution in [0.1, 0.15) is 31.2 Å². The van der Waals surface area contributed by atoms with Crippen molar-refractivity contribution >= 4 is 27.1 Å². The maximum Gasteiger partial charge on any atom is 0.229 e. The van der Waals surface area contributed by atoms with Crippen molar-refractivity contribution in [2.75, 3.05) is 23.0 Å². The van der Waals surface area contributed by atoms with Gasteiger partial charge in [0, 0.05) is 24.6 Å². The van der Waals surface area contributed by atoms with Crippen molar-refractivity contribution in [1.82, 2.24) is 4.98 Å². The molecule has 0 unspecified atom stereocenters. The Morgan fingerprint density at radius 1 is 1.03 bits per heavy atom. The Balaban J connectivity index is 1.85. The number of methoxy groups -OCH3 is 1. The Labute approximate surface area is 195 Å². The van der Waals surface area contributed by atoms with Crippen LogP contribution in [-0.4, -0.2) is 32.9 Å². The molecule has 1 aliphatic carbocycles. The van der Waals surface area contributed by atoms with E-state index in [4.69, 9.17) is 9.47 Å². The first-order valence-electron chi connectivity index (χ1n) is 11.0. The SMILES string of the molecule is COc1c(NS(C)(=O)=O)ccc(N(Cc2cccnc2)c2ccccc2)c1OC1CCCC1. The number of nitrogens with zero attached hydrogens (tertiary/aromatic N) is 2. The maximum absolute atomic E-state index is 12.0. The fourth-order valence-electron chi connectivity index (χ4n) is 4.13. The zero-order valence-electron chi connectivity index (χ0n) is 18.9. The highest BCUT2D eigenvalue weighted by Crippen LogP contribution is 2.47. The Morgan fingerprint density at radius 3 is 2.42 bits per heavy atom. The lowest BCUT2D eigenvalue weighted by atomic mass is 10.1. The molecule has 0 saturated heterocycles. The monoisotopic (exact) mass is 467 g/mol. The van der Waals surface area contributed by atoms with Crippen LogP contribution >= 0.6 is 0 Å². The Hall–Kier alpha value is -3.26. The number of aromatic nitrogens is 1. The van der Waals surface area contributed by atoms with Crippen LogP contribution in [0, 0.1) is 0 Å². The number of ether oxygens (including phenoxy) is 2. The van der Waals surface area contributed by atoms with E-state index >= 15 is 0 Å². The van der Waals surface area contributed by atoms with E-state index in [0.29, 0.717) is 23.7 Å². The highest BCUT2D eigenvalue weighted by Gasteiger charge is 2.26. The standard InChI is InChI=1S/C25H29N3O4S/c1-31-24-22(27-33(2,29)30)14-15-23(25(24)32-21-12-6-7-13-21)28(20-10-4-3-5-11-20)18-19-9-8-16-26-17-19/h3-5,8-11,14-17,21,27H,6-7,12-13,18H2,1-2H3.